The van der Waals surface area contributed by atoms with E-state index in [0.29, 0.717) is 45.3 Å². The van der Waals surface area contributed by atoms with Gasteiger partial charge in [0.2, 0.25) is 5.76 Å². The Bertz CT molecular complexity index is 1500. The molecule has 1 unspecified atom stereocenters. The number of aryl methyl sites for hydroxylation is 3. The lowest BCUT2D eigenvalue weighted by atomic mass is 9.97. The summed E-state index contributed by atoms with van der Waals surface area (Å²) in [6.07, 6.45) is 0.786. The maximum absolute atomic E-state index is 13.9. The number of methoxy groups -OCH3 is 1. The number of fused-ring (bicyclic) bond motifs is 2. The summed E-state index contributed by atoms with van der Waals surface area (Å²) in [6, 6.07) is 10.3. The highest BCUT2D eigenvalue weighted by Gasteiger charge is 2.45. The Morgan fingerprint density at radius 1 is 1.09 bits per heavy atom. The predicted molar refractivity (Wildman–Crippen MR) is 136 cm³/mol. The fraction of sp³-hybridized carbons (Fsp3) is 0.296. The average molecular weight is 491 g/mol. The van der Waals surface area contributed by atoms with Gasteiger partial charge in [0, 0.05) is 4.88 Å². The summed E-state index contributed by atoms with van der Waals surface area (Å²) in [5.74, 6) is 0.782. The first-order valence-corrected chi connectivity index (χ1v) is 12.4. The standard InChI is InChI=1S/C27H26N2O5S/c1-6-16-8-10-19-18(12-16)24(30)22-23(17-9-11-20(33-7-2)21(13-17)32-5)29(26(31)25(22)34-19)27-28-14(3)15(4)35-27/h8-13,23H,6-7H2,1-5H3. The number of carbonyl (C=O) groups is 1. The molecule has 1 aliphatic heterocycles. The van der Waals surface area contributed by atoms with Gasteiger partial charge in [-0.05, 0) is 62.6 Å². The van der Waals surface area contributed by atoms with Gasteiger partial charge >= 0.3 is 0 Å². The van der Waals surface area contributed by atoms with Gasteiger partial charge in [-0.3, -0.25) is 14.5 Å². The Morgan fingerprint density at radius 3 is 2.54 bits per heavy atom. The maximum Gasteiger partial charge on any atom is 0.297 e. The van der Waals surface area contributed by atoms with E-state index >= 15 is 0 Å². The quantitative estimate of drug-likeness (QED) is 0.351. The SMILES string of the molecule is CCOc1ccc(C2c3c(oc4ccc(CC)cc4c3=O)C(=O)N2c2nc(C)c(C)s2)cc1OC. The summed E-state index contributed by atoms with van der Waals surface area (Å²) in [5, 5.41) is 0.985. The minimum Gasteiger partial charge on any atom is -0.493 e. The minimum absolute atomic E-state index is 0.0510. The van der Waals surface area contributed by atoms with E-state index in [9.17, 15) is 9.59 Å². The first kappa shape index (κ1) is 23.1. The van der Waals surface area contributed by atoms with Crippen LogP contribution in [0.4, 0.5) is 5.13 Å². The average Bonchev–Trinajstić information content (AvgIpc) is 3.35. The van der Waals surface area contributed by atoms with Gasteiger partial charge in [0.05, 0.1) is 36.4 Å². The summed E-state index contributed by atoms with van der Waals surface area (Å²) in [6.45, 7) is 8.28. The van der Waals surface area contributed by atoms with Crippen molar-refractivity contribution in [2.24, 2.45) is 0 Å². The van der Waals surface area contributed by atoms with Crippen molar-refractivity contribution in [3.63, 3.8) is 0 Å². The molecule has 2 aromatic heterocycles. The fourth-order valence-corrected chi connectivity index (χ4v) is 5.38. The molecular weight excluding hydrogens is 464 g/mol. The normalized spacial score (nSPS) is 15.1. The second-order valence-corrected chi connectivity index (χ2v) is 9.60. The second-order valence-electron chi connectivity index (χ2n) is 8.42. The molecule has 8 heteroatoms. The monoisotopic (exact) mass is 490 g/mol. The molecule has 35 heavy (non-hydrogen) atoms. The van der Waals surface area contributed by atoms with Crippen molar-refractivity contribution in [3.8, 4) is 11.5 Å². The predicted octanol–water partition coefficient (Wildman–Crippen LogP) is 5.59. The van der Waals surface area contributed by atoms with Gasteiger partial charge in [-0.25, -0.2) is 4.98 Å². The molecule has 0 radical (unpaired) electrons. The van der Waals surface area contributed by atoms with Gasteiger partial charge in [0.25, 0.3) is 5.91 Å². The second kappa shape index (κ2) is 8.85. The van der Waals surface area contributed by atoms with Crippen LogP contribution in [0.1, 0.15) is 57.7 Å². The van der Waals surface area contributed by atoms with Crippen LogP contribution in [-0.4, -0.2) is 24.6 Å². The first-order chi connectivity index (χ1) is 16.9. The lowest BCUT2D eigenvalue weighted by molar-refractivity contribution is 0.0971. The number of benzene rings is 2. The number of nitrogens with zero attached hydrogens (tertiary/aromatic N) is 2. The van der Waals surface area contributed by atoms with Crippen LogP contribution in [0.3, 0.4) is 0 Å². The highest BCUT2D eigenvalue weighted by Crippen LogP contribution is 2.44. The van der Waals surface area contributed by atoms with Gasteiger partial charge in [-0.15, -0.1) is 11.3 Å². The summed E-state index contributed by atoms with van der Waals surface area (Å²) in [7, 11) is 1.56. The molecule has 0 bridgehead atoms. The summed E-state index contributed by atoms with van der Waals surface area (Å²) >= 11 is 1.42. The number of anilines is 1. The molecule has 0 saturated heterocycles. The molecule has 0 N–H and O–H groups in total. The molecule has 0 saturated carbocycles. The number of ether oxygens (including phenoxy) is 2. The summed E-state index contributed by atoms with van der Waals surface area (Å²) in [4.78, 5) is 34.8. The highest BCUT2D eigenvalue weighted by atomic mass is 32.1. The van der Waals surface area contributed by atoms with Gasteiger partial charge in [-0.2, -0.15) is 0 Å². The molecule has 180 valence electrons. The molecule has 0 fully saturated rings. The molecule has 1 atom stereocenters. The van der Waals surface area contributed by atoms with Crippen LogP contribution >= 0.6 is 11.3 Å². The number of hydrogen-bond acceptors (Lipinski definition) is 7. The van der Waals surface area contributed by atoms with Gasteiger partial charge in [0.1, 0.15) is 5.58 Å². The largest absolute Gasteiger partial charge is 0.493 e. The van der Waals surface area contributed by atoms with Crippen molar-refractivity contribution in [1.29, 1.82) is 0 Å². The molecule has 3 heterocycles. The van der Waals surface area contributed by atoms with Crippen molar-refractivity contribution < 1.29 is 18.7 Å². The van der Waals surface area contributed by atoms with Crippen LogP contribution in [0.15, 0.2) is 45.6 Å². The molecule has 1 aliphatic rings. The van der Waals surface area contributed by atoms with E-state index in [-0.39, 0.29) is 17.1 Å². The van der Waals surface area contributed by atoms with Crippen molar-refractivity contribution in [1.82, 2.24) is 4.98 Å². The smallest absolute Gasteiger partial charge is 0.297 e. The summed E-state index contributed by atoms with van der Waals surface area (Å²) < 4.78 is 17.3. The van der Waals surface area contributed by atoms with Crippen LogP contribution in [0.25, 0.3) is 11.0 Å². The van der Waals surface area contributed by atoms with Crippen LogP contribution in [0.2, 0.25) is 0 Å². The molecule has 7 nitrogen and oxygen atoms in total. The third kappa shape index (κ3) is 3.69. The number of rotatable bonds is 6. The van der Waals surface area contributed by atoms with Crippen LogP contribution in [0.5, 0.6) is 11.5 Å². The number of hydrogen-bond donors (Lipinski definition) is 0. The molecule has 0 spiro atoms. The van der Waals surface area contributed by atoms with Crippen molar-refractivity contribution >= 4 is 33.3 Å². The van der Waals surface area contributed by atoms with E-state index in [4.69, 9.17) is 13.9 Å². The lowest BCUT2D eigenvalue weighted by Crippen LogP contribution is -2.29. The van der Waals surface area contributed by atoms with Gasteiger partial charge in [0.15, 0.2) is 22.1 Å². The van der Waals surface area contributed by atoms with Gasteiger partial charge in [-0.1, -0.05) is 19.1 Å². The Kier molecular flexibility index (Phi) is 5.84. The van der Waals surface area contributed by atoms with E-state index in [1.165, 1.54) is 11.3 Å². The van der Waals surface area contributed by atoms with E-state index in [0.717, 1.165) is 22.6 Å². The third-order valence-electron chi connectivity index (χ3n) is 6.37. The Balaban J connectivity index is 1.79. The zero-order valence-corrected chi connectivity index (χ0v) is 21.1. The molecule has 5 rings (SSSR count). The summed E-state index contributed by atoms with van der Waals surface area (Å²) in [5.41, 5.74) is 3.07. The molecule has 4 aromatic rings. The van der Waals surface area contributed by atoms with Crippen molar-refractivity contribution in [2.45, 2.75) is 40.2 Å². The molecule has 0 aliphatic carbocycles. The minimum atomic E-state index is -0.710. The maximum atomic E-state index is 13.9. The number of aromatic nitrogens is 1. The van der Waals surface area contributed by atoms with Crippen LogP contribution in [0, 0.1) is 13.8 Å². The Labute approximate surface area is 206 Å². The fourth-order valence-electron chi connectivity index (χ4n) is 4.44. The number of thiazole rings is 1. The van der Waals surface area contributed by atoms with Crippen LogP contribution in [-0.2, 0) is 6.42 Å². The van der Waals surface area contributed by atoms with E-state index in [1.807, 2.05) is 52.0 Å². The topological polar surface area (TPSA) is 81.9 Å². The molecule has 1 amide bonds. The van der Waals surface area contributed by atoms with Crippen molar-refractivity contribution in [3.05, 3.63) is 79.6 Å². The number of amides is 1. The lowest BCUT2D eigenvalue weighted by Gasteiger charge is -2.23. The van der Waals surface area contributed by atoms with E-state index < -0.39 is 6.04 Å². The Morgan fingerprint density at radius 2 is 1.89 bits per heavy atom. The van der Waals surface area contributed by atoms with E-state index in [2.05, 4.69) is 4.98 Å². The highest BCUT2D eigenvalue weighted by molar-refractivity contribution is 7.15. The first-order valence-electron chi connectivity index (χ1n) is 11.6. The third-order valence-corrected chi connectivity index (χ3v) is 7.44. The van der Waals surface area contributed by atoms with Crippen molar-refractivity contribution in [2.75, 3.05) is 18.6 Å². The molecular formula is C27H26N2O5S. The van der Waals surface area contributed by atoms with E-state index in [1.54, 1.807) is 24.1 Å². The Hall–Kier alpha value is -3.65. The zero-order chi connectivity index (χ0) is 24.9. The van der Waals surface area contributed by atoms with Crippen LogP contribution < -0.4 is 19.8 Å². The zero-order valence-electron chi connectivity index (χ0n) is 20.3. The molecule has 2 aromatic carbocycles. The number of carbonyl (C=O) groups excluding carboxylic acids is 1. The van der Waals surface area contributed by atoms with Gasteiger partial charge < -0.3 is 13.9 Å².